The zero-order chi connectivity index (χ0) is 20.8. The van der Waals surface area contributed by atoms with Crippen LogP contribution in [-0.4, -0.2) is 12.1 Å². The van der Waals surface area contributed by atoms with Crippen LogP contribution in [0.25, 0.3) is 0 Å². The van der Waals surface area contributed by atoms with Crippen molar-refractivity contribution in [2.75, 3.05) is 0 Å². The maximum atomic E-state index is 12.1. The second kappa shape index (κ2) is 10.3. The normalized spacial score (nSPS) is 10.9. The van der Waals surface area contributed by atoms with Crippen LogP contribution in [0.3, 0.4) is 0 Å². The summed E-state index contributed by atoms with van der Waals surface area (Å²) in [5.74, 6) is 0.290. The summed E-state index contributed by atoms with van der Waals surface area (Å²) in [7, 11) is 0. The number of nitrogens with zero attached hydrogens (tertiary/aromatic N) is 1. The molecule has 0 atom stereocenters. The van der Waals surface area contributed by atoms with Crippen LogP contribution in [0.15, 0.2) is 74.7 Å². The van der Waals surface area contributed by atoms with Gasteiger partial charge in [-0.15, -0.1) is 0 Å². The molecule has 3 aromatic rings. The van der Waals surface area contributed by atoms with Crippen molar-refractivity contribution in [3.8, 4) is 5.75 Å². The fraction of sp³-hybridized carbons (Fsp3) is 0.0476. The SMILES string of the molecule is O=C(N/N=C\c1ccc(OCc2ccc(Br)cc2)c(Br)c1)c1ccc(Cl)cc1Cl. The smallest absolute Gasteiger partial charge is 0.272 e. The molecule has 0 radical (unpaired) electrons. The van der Waals surface area contributed by atoms with E-state index in [0.29, 0.717) is 22.9 Å². The molecular weight excluding hydrogens is 543 g/mol. The molecule has 0 fully saturated rings. The van der Waals surface area contributed by atoms with E-state index in [-0.39, 0.29) is 5.02 Å². The number of carbonyl (C=O) groups is 1. The molecule has 0 aliphatic carbocycles. The predicted octanol–water partition coefficient (Wildman–Crippen LogP) is 6.86. The maximum absolute atomic E-state index is 12.1. The van der Waals surface area contributed by atoms with Crippen molar-refractivity contribution < 1.29 is 9.53 Å². The van der Waals surface area contributed by atoms with Crippen LogP contribution >= 0.6 is 55.1 Å². The number of hydrogen-bond acceptors (Lipinski definition) is 3. The third-order valence-electron chi connectivity index (χ3n) is 3.82. The Hall–Kier alpha value is -1.86. The van der Waals surface area contributed by atoms with Gasteiger partial charge in [0, 0.05) is 9.50 Å². The number of rotatable bonds is 6. The molecule has 3 aromatic carbocycles. The Bertz CT molecular complexity index is 1060. The Balaban J connectivity index is 1.59. The van der Waals surface area contributed by atoms with Gasteiger partial charge in [-0.05, 0) is 75.6 Å². The number of ether oxygens (including phenoxy) is 1. The molecule has 0 saturated heterocycles. The van der Waals surface area contributed by atoms with E-state index in [1.165, 1.54) is 12.3 Å². The lowest BCUT2D eigenvalue weighted by atomic mass is 10.2. The van der Waals surface area contributed by atoms with Gasteiger partial charge in [-0.1, -0.05) is 51.3 Å². The summed E-state index contributed by atoms with van der Waals surface area (Å²) in [6, 6.07) is 18.1. The highest BCUT2D eigenvalue weighted by atomic mass is 79.9. The minimum atomic E-state index is -0.420. The molecule has 0 unspecified atom stereocenters. The highest BCUT2D eigenvalue weighted by Crippen LogP contribution is 2.26. The molecule has 1 N–H and O–H groups in total. The predicted molar refractivity (Wildman–Crippen MR) is 124 cm³/mol. The van der Waals surface area contributed by atoms with E-state index >= 15 is 0 Å². The van der Waals surface area contributed by atoms with Crippen LogP contribution in [0, 0.1) is 0 Å². The number of benzene rings is 3. The van der Waals surface area contributed by atoms with E-state index in [2.05, 4.69) is 42.4 Å². The third kappa shape index (κ3) is 6.31. The number of amides is 1. The van der Waals surface area contributed by atoms with Crippen molar-refractivity contribution in [3.63, 3.8) is 0 Å². The number of carbonyl (C=O) groups excluding carboxylic acids is 1. The summed E-state index contributed by atoms with van der Waals surface area (Å²) in [5.41, 5.74) is 4.59. The van der Waals surface area contributed by atoms with Gasteiger partial charge in [0.1, 0.15) is 12.4 Å². The lowest BCUT2D eigenvalue weighted by Gasteiger charge is -2.09. The van der Waals surface area contributed by atoms with E-state index in [9.17, 15) is 4.79 Å². The molecule has 148 valence electrons. The summed E-state index contributed by atoms with van der Waals surface area (Å²) in [6.07, 6.45) is 1.53. The van der Waals surface area contributed by atoms with Gasteiger partial charge in [0.2, 0.25) is 0 Å². The highest BCUT2D eigenvalue weighted by Gasteiger charge is 2.09. The molecule has 0 spiro atoms. The first kappa shape index (κ1) is 21.8. The Morgan fingerprint density at radius 2 is 1.79 bits per heavy atom. The molecule has 3 rings (SSSR count). The first-order chi connectivity index (χ1) is 13.9. The summed E-state index contributed by atoms with van der Waals surface area (Å²) in [6.45, 7) is 0.456. The third-order valence-corrected chi connectivity index (χ3v) is 5.52. The standard InChI is InChI=1S/C21H14Br2Cl2N2O2/c22-15-4-1-13(2-5-15)12-29-20-8-3-14(9-18(20)23)11-26-27-21(28)17-7-6-16(24)10-19(17)25/h1-11H,12H2,(H,27,28)/b26-11-. The van der Waals surface area contributed by atoms with Crippen molar-refractivity contribution in [3.05, 3.63) is 96.3 Å². The van der Waals surface area contributed by atoms with E-state index in [0.717, 1.165) is 20.1 Å². The molecule has 0 aromatic heterocycles. The second-order valence-electron chi connectivity index (χ2n) is 5.93. The summed E-state index contributed by atoms with van der Waals surface area (Å²) < 4.78 is 7.65. The molecule has 0 aliphatic rings. The van der Waals surface area contributed by atoms with Crippen molar-refractivity contribution in [1.29, 1.82) is 0 Å². The number of nitrogens with one attached hydrogen (secondary N) is 1. The zero-order valence-electron chi connectivity index (χ0n) is 14.8. The molecule has 4 nitrogen and oxygen atoms in total. The Morgan fingerprint density at radius 3 is 2.48 bits per heavy atom. The van der Waals surface area contributed by atoms with Crippen molar-refractivity contribution in [1.82, 2.24) is 5.43 Å². The van der Waals surface area contributed by atoms with Gasteiger partial charge in [-0.2, -0.15) is 5.10 Å². The average Bonchev–Trinajstić information content (AvgIpc) is 2.68. The first-order valence-corrected chi connectivity index (χ1v) is 10.7. The van der Waals surface area contributed by atoms with Crippen LogP contribution in [0.2, 0.25) is 10.0 Å². The number of hydrazone groups is 1. The summed E-state index contributed by atoms with van der Waals surface area (Å²) >= 11 is 18.8. The largest absolute Gasteiger partial charge is 0.488 e. The monoisotopic (exact) mass is 554 g/mol. The average molecular weight is 557 g/mol. The van der Waals surface area contributed by atoms with Crippen molar-refractivity contribution in [2.24, 2.45) is 5.10 Å². The first-order valence-electron chi connectivity index (χ1n) is 8.37. The molecule has 0 aliphatic heterocycles. The lowest BCUT2D eigenvalue weighted by molar-refractivity contribution is 0.0955. The van der Waals surface area contributed by atoms with Gasteiger partial charge in [-0.25, -0.2) is 5.43 Å². The quantitative estimate of drug-likeness (QED) is 0.266. The highest BCUT2D eigenvalue weighted by molar-refractivity contribution is 9.10. The summed E-state index contributed by atoms with van der Waals surface area (Å²) in [4.78, 5) is 12.1. The molecule has 0 bridgehead atoms. The van der Waals surface area contributed by atoms with E-state index in [4.69, 9.17) is 27.9 Å². The van der Waals surface area contributed by atoms with Gasteiger partial charge in [-0.3, -0.25) is 4.79 Å². The van der Waals surface area contributed by atoms with Crippen LogP contribution in [0.4, 0.5) is 0 Å². The van der Waals surface area contributed by atoms with Gasteiger partial charge in [0.05, 0.1) is 21.3 Å². The van der Waals surface area contributed by atoms with Crippen LogP contribution in [-0.2, 0) is 6.61 Å². The minimum absolute atomic E-state index is 0.264. The fourth-order valence-corrected chi connectivity index (χ4v) is 3.63. The van der Waals surface area contributed by atoms with E-state index < -0.39 is 5.91 Å². The Labute approximate surface area is 195 Å². The molecule has 29 heavy (non-hydrogen) atoms. The zero-order valence-corrected chi connectivity index (χ0v) is 19.5. The Morgan fingerprint density at radius 1 is 1.03 bits per heavy atom. The molecular formula is C21H14Br2Cl2N2O2. The molecule has 0 saturated carbocycles. The van der Waals surface area contributed by atoms with Crippen LogP contribution < -0.4 is 10.2 Å². The van der Waals surface area contributed by atoms with E-state index in [1.54, 1.807) is 12.1 Å². The van der Waals surface area contributed by atoms with Crippen LogP contribution in [0.5, 0.6) is 5.75 Å². The number of halogens is 4. The van der Waals surface area contributed by atoms with E-state index in [1.807, 2.05) is 42.5 Å². The Kier molecular flexibility index (Phi) is 7.72. The topological polar surface area (TPSA) is 50.7 Å². The van der Waals surface area contributed by atoms with Gasteiger partial charge < -0.3 is 4.74 Å². The van der Waals surface area contributed by atoms with Gasteiger partial charge in [0.15, 0.2) is 0 Å². The molecule has 1 amide bonds. The fourth-order valence-electron chi connectivity index (χ4n) is 2.36. The second-order valence-corrected chi connectivity index (χ2v) is 8.54. The minimum Gasteiger partial charge on any atom is -0.488 e. The van der Waals surface area contributed by atoms with Gasteiger partial charge >= 0.3 is 0 Å². The number of hydrogen-bond donors (Lipinski definition) is 1. The lowest BCUT2D eigenvalue weighted by Crippen LogP contribution is -2.18. The van der Waals surface area contributed by atoms with Crippen molar-refractivity contribution >= 4 is 67.2 Å². The van der Waals surface area contributed by atoms with Gasteiger partial charge in [0.25, 0.3) is 5.91 Å². The maximum Gasteiger partial charge on any atom is 0.272 e. The summed E-state index contributed by atoms with van der Waals surface area (Å²) in [5, 5.41) is 4.70. The van der Waals surface area contributed by atoms with Crippen LogP contribution in [0.1, 0.15) is 21.5 Å². The van der Waals surface area contributed by atoms with Crippen molar-refractivity contribution in [2.45, 2.75) is 6.61 Å². The molecule has 8 heteroatoms. The molecule has 0 heterocycles.